The highest BCUT2D eigenvalue weighted by molar-refractivity contribution is 5.98. The number of primary amides is 1. The standard InChI is InChI=1S/C18H15FN6O/c19-14-4-3-11(9-20)8-12(14)15-2-1-6-24(15)16-5-7-25-18(23-16)13(10-22-25)17(21)26/h3-5,7-8,10,15H,1-2,6H2,(H2,21,26). The molecule has 3 heterocycles. The number of amides is 1. The Labute approximate surface area is 148 Å². The minimum absolute atomic E-state index is 0.224. The molecule has 1 aliphatic rings. The third kappa shape index (κ3) is 2.54. The highest BCUT2D eigenvalue weighted by atomic mass is 19.1. The predicted octanol–water partition coefficient (Wildman–Crippen LogP) is 2.18. The van der Waals surface area contributed by atoms with Gasteiger partial charge in [-0.1, -0.05) is 0 Å². The lowest BCUT2D eigenvalue weighted by atomic mass is 10.0. The number of carbonyl (C=O) groups is 1. The average molecular weight is 350 g/mol. The van der Waals surface area contributed by atoms with Crippen molar-refractivity contribution in [2.75, 3.05) is 11.4 Å². The lowest BCUT2D eigenvalue weighted by molar-refractivity contribution is 0.100. The van der Waals surface area contributed by atoms with Crippen molar-refractivity contribution in [3.05, 3.63) is 59.2 Å². The molecule has 0 saturated carbocycles. The molecule has 4 rings (SSSR count). The van der Waals surface area contributed by atoms with Crippen LogP contribution in [0.5, 0.6) is 0 Å². The van der Waals surface area contributed by atoms with Crippen LogP contribution in [0, 0.1) is 17.1 Å². The Bertz CT molecular complexity index is 1050. The van der Waals surface area contributed by atoms with Crippen molar-refractivity contribution in [1.29, 1.82) is 5.26 Å². The summed E-state index contributed by atoms with van der Waals surface area (Å²) in [6, 6.07) is 7.98. The van der Waals surface area contributed by atoms with Gasteiger partial charge in [-0.05, 0) is 37.1 Å². The summed E-state index contributed by atoms with van der Waals surface area (Å²) in [5, 5.41) is 13.2. The van der Waals surface area contributed by atoms with Crippen LogP contribution in [0.3, 0.4) is 0 Å². The molecule has 0 aliphatic carbocycles. The van der Waals surface area contributed by atoms with Crippen LogP contribution in [-0.2, 0) is 0 Å². The summed E-state index contributed by atoms with van der Waals surface area (Å²) in [6.07, 6.45) is 4.70. The van der Waals surface area contributed by atoms with E-state index in [2.05, 4.69) is 10.1 Å². The first-order valence-electron chi connectivity index (χ1n) is 8.19. The molecule has 130 valence electrons. The topological polar surface area (TPSA) is 100 Å². The van der Waals surface area contributed by atoms with E-state index >= 15 is 0 Å². The van der Waals surface area contributed by atoms with Gasteiger partial charge in [0.2, 0.25) is 0 Å². The molecule has 7 nitrogen and oxygen atoms in total. The summed E-state index contributed by atoms with van der Waals surface area (Å²) in [4.78, 5) is 18.1. The van der Waals surface area contributed by atoms with Gasteiger partial charge in [0.1, 0.15) is 17.2 Å². The normalized spacial score (nSPS) is 16.8. The SMILES string of the molecule is N#Cc1ccc(F)c(C2CCCN2c2ccn3ncc(C(N)=O)c3n2)c1. The fourth-order valence-electron chi connectivity index (χ4n) is 3.43. The van der Waals surface area contributed by atoms with Crippen LogP contribution in [0.15, 0.2) is 36.7 Å². The second-order valence-electron chi connectivity index (χ2n) is 6.18. The zero-order chi connectivity index (χ0) is 18.3. The van der Waals surface area contributed by atoms with Crippen LogP contribution in [-0.4, -0.2) is 27.0 Å². The quantitative estimate of drug-likeness (QED) is 0.780. The van der Waals surface area contributed by atoms with Crippen LogP contribution in [0.2, 0.25) is 0 Å². The van der Waals surface area contributed by atoms with Crippen LogP contribution in [0.25, 0.3) is 5.65 Å². The first-order chi connectivity index (χ1) is 12.6. The van der Waals surface area contributed by atoms with E-state index in [0.717, 1.165) is 12.8 Å². The number of halogens is 1. The molecule has 0 radical (unpaired) electrons. The molecule has 1 fully saturated rings. The van der Waals surface area contributed by atoms with Gasteiger partial charge >= 0.3 is 0 Å². The molecule has 1 unspecified atom stereocenters. The van der Waals surface area contributed by atoms with E-state index < -0.39 is 5.91 Å². The summed E-state index contributed by atoms with van der Waals surface area (Å²) >= 11 is 0. The monoisotopic (exact) mass is 350 g/mol. The zero-order valence-corrected chi connectivity index (χ0v) is 13.8. The number of anilines is 1. The average Bonchev–Trinajstić information content (AvgIpc) is 3.28. The number of nitriles is 1. The van der Waals surface area contributed by atoms with Gasteiger partial charge in [0.25, 0.3) is 5.91 Å². The Hall–Kier alpha value is -3.47. The predicted molar refractivity (Wildman–Crippen MR) is 91.9 cm³/mol. The number of carbonyl (C=O) groups excluding carboxylic acids is 1. The Morgan fingerprint density at radius 3 is 3.00 bits per heavy atom. The lowest BCUT2D eigenvalue weighted by Crippen LogP contribution is -2.24. The van der Waals surface area contributed by atoms with Gasteiger partial charge in [-0.2, -0.15) is 10.4 Å². The molecule has 0 bridgehead atoms. The molecular weight excluding hydrogens is 335 g/mol. The van der Waals surface area contributed by atoms with E-state index in [1.807, 2.05) is 11.0 Å². The van der Waals surface area contributed by atoms with Gasteiger partial charge < -0.3 is 10.6 Å². The van der Waals surface area contributed by atoms with Crippen molar-refractivity contribution in [2.24, 2.45) is 5.73 Å². The van der Waals surface area contributed by atoms with Crippen molar-refractivity contribution >= 4 is 17.4 Å². The first kappa shape index (κ1) is 16.0. The van der Waals surface area contributed by atoms with Gasteiger partial charge in [0, 0.05) is 18.3 Å². The summed E-state index contributed by atoms with van der Waals surface area (Å²) in [7, 11) is 0. The number of nitrogens with two attached hydrogens (primary N) is 1. The highest BCUT2D eigenvalue weighted by Gasteiger charge is 2.30. The fourth-order valence-corrected chi connectivity index (χ4v) is 3.43. The summed E-state index contributed by atoms with van der Waals surface area (Å²) in [5.74, 6) is -0.329. The van der Waals surface area contributed by atoms with Crippen LogP contribution in [0.1, 0.15) is 40.4 Å². The Morgan fingerprint density at radius 2 is 2.23 bits per heavy atom. The van der Waals surface area contributed by atoms with Gasteiger partial charge in [0.05, 0.1) is 23.9 Å². The zero-order valence-electron chi connectivity index (χ0n) is 13.8. The van der Waals surface area contributed by atoms with E-state index in [9.17, 15) is 9.18 Å². The van der Waals surface area contributed by atoms with E-state index in [4.69, 9.17) is 11.0 Å². The molecule has 26 heavy (non-hydrogen) atoms. The van der Waals surface area contributed by atoms with E-state index in [1.54, 1.807) is 18.3 Å². The maximum absolute atomic E-state index is 14.4. The summed E-state index contributed by atoms with van der Waals surface area (Å²) < 4.78 is 15.9. The number of hydrogen-bond acceptors (Lipinski definition) is 5. The van der Waals surface area contributed by atoms with Crippen LogP contribution < -0.4 is 10.6 Å². The molecule has 1 amide bonds. The number of rotatable bonds is 3. The maximum atomic E-state index is 14.4. The second kappa shape index (κ2) is 6.11. The lowest BCUT2D eigenvalue weighted by Gasteiger charge is -2.26. The van der Waals surface area contributed by atoms with Crippen molar-refractivity contribution in [2.45, 2.75) is 18.9 Å². The van der Waals surface area contributed by atoms with Crippen molar-refractivity contribution in [3.8, 4) is 6.07 Å². The number of benzene rings is 1. The molecule has 2 aromatic heterocycles. The first-order valence-corrected chi connectivity index (χ1v) is 8.19. The molecule has 0 spiro atoms. The molecule has 1 aromatic carbocycles. The van der Waals surface area contributed by atoms with E-state index in [-0.39, 0.29) is 17.4 Å². The molecule has 1 aliphatic heterocycles. The second-order valence-corrected chi connectivity index (χ2v) is 6.18. The van der Waals surface area contributed by atoms with Crippen molar-refractivity contribution in [3.63, 3.8) is 0 Å². The molecule has 3 aromatic rings. The molecular formula is C18H15FN6O. The summed E-state index contributed by atoms with van der Waals surface area (Å²) in [6.45, 7) is 0.699. The third-order valence-electron chi connectivity index (χ3n) is 4.65. The maximum Gasteiger partial charge on any atom is 0.254 e. The Kier molecular flexibility index (Phi) is 3.77. The van der Waals surface area contributed by atoms with Crippen LogP contribution in [0.4, 0.5) is 10.2 Å². The highest BCUT2D eigenvalue weighted by Crippen LogP contribution is 2.36. The van der Waals surface area contributed by atoms with Gasteiger partial charge in [0.15, 0.2) is 5.65 Å². The minimum Gasteiger partial charge on any atom is -0.365 e. The van der Waals surface area contributed by atoms with Gasteiger partial charge in [-0.25, -0.2) is 13.9 Å². The molecule has 1 atom stereocenters. The summed E-state index contributed by atoms with van der Waals surface area (Å²) in [5.41, 5.74) is 6.87. The molecule has 1 saturated heterocycles. The molecule has 2 N–H and O–H groups in total. The van der Waals surface area contributed by atoms with Crippen LogP contribution >= 0.6 is 0 Å². The number of hydrogen-bond donors (Lipinski definition) is 1. The van der Waals surface area contributed by atoms with Gasteiger partial charge in [-0.15, -0.1) is 0 Å². The van der Waals surface area contributed by atoms with Gasteiger partial charge in [-0.3, -0.25) is 4.79 Å². The smallest absolute Gasteiger partial charge is 0.254 e. The number of fused-ring (bicyclic) bond motifs is 1. The van der Waals surface area contributed by atoms with E-state index in [0.29, 0.717) is 29.1 Å². The minimum atomic E-state index is -0.601. The fraction of sp³-hybridized carbons (Fsp3) is 0.222. The van der Waals surface area contributed by atoms with Crippen molar-refractivity contribution < 1.29 is 9.18 Å². The largest absolute Gasteiger partial charge is 0.365 e. The Balaban J connectivity index is 1.77. The number of nitrogens with zero attached hydrogens (tertiary/aromatic N) is 5. The molecule has 8 heteroatoms. The Morgan fingerprint density at radius 1 is 1.38 bits per heavy atom. The number of aromatic nitrogens is 3. The van der Waals surface area contributed by atoms with Crippen molar-refractivity contribution in [1.82, 2.24) is 14.6 Å². The van der Waals surface area contributed by atoms with E-state index in [1.165, 1.54) is 22.8 Å². The third-order valence-corrected chi connectivity index (χ3v) is 4.65.